The van der Waals surface area contributed by atoms with E-state index in [1.165, 1.54) is 80.2 Å². The zero-order chi connectivity index (χ0) is 28.7. The molecule has 1 saturated carbocycles. The van der Waals surface area contributed by atoms with Gasteiger partial charge in [0.1, 0.15) is 6.10 Å². The van der Waals surface area contributed by atoms with E-state index in [1.54, 1.807) is 11.1 Å². The summed E-state index contributed by atoms with van der Waals surface area (Å²) in [5, 5.41) is 0. The Balaban J connectivity index is 1.52. The molecular formula is C38H57NO. The summed E-state index contributed by atoms with van der Waals surface area (Å²) in [5.74, 6) is 2.39. The van der Waals surface area contributed by atoms with Crippen LogP contribution in [-0.2, 0) is 12.8 Å². The van der Waals surface area contributed by atoms with Crippen LogP contribution < -0.4 is 4.84 Å². The number of hydrogen-bond donors (Lipinski definition) is 0. The Labute approximate surface area is 246 Å². The molecule has 40 heavy (non-hydrogen) atoms. The minimum absolute atomic E-state index is 0.00885. The molecule has 0 N–H and O–H groups in total. The molecule has 1 aromatic heterocycles. The summed E-state index contributed by atoms with van der Waals surface area (Å²) in [6, 6.07) is 11.3. The highest BCUT2D eigenvalue weighted by Crippen LogP contribution is 2.36. The van der Waals surface area contributed by atoms with Gasteiger partial charge in [-0.15, -0.1) is 0 Å². The average molecular weight is 544 g/mol. The first-order valence-electron chi connectivity index (χ1n) is 16.5. The van der Waals surface area contributed by atoms with Crippen LogP contribution in [0.3, 0.4) is 0 Å². The van der Waals surface area contributed by atoms with E-state index in [4.69, 9.17) is 4.84 Å². The van der Waals surface area contributed by atoms with Crippen molar-refractivity contribution in [3.05, 3.63) is 76.1 Å². The van der Waals surface area contributed by atoms with Crippen molar-refractivity contribution in [2.24, 2.45) is 23.2 Å². The Bertz CT molecular complexity index is 1120. The molecule has 0 spiro atoms. The Kier molecular flexibility index (Phi) is 10.8. The molecule has 0 aliphatic heterocycles. The number of rotatable bonds is 8. The number of nitrogens with zero attached hydrogens (tertiary/aromatic N) is 1. The zero-order valence-corrected chi connectivity index (χ0v) is 26.8. The van der Waals surface area contributed by atoms with Gasteiger partial charge >= 0.3 is 0 Å². The molecule has 2 aliphatic carbocycles. The van der Waals surface area contributed by atoms with Crippen molar-refractivity contribution in [2.75, 3.05) is 0 Å². The fourth-order valence-electron chi connectivity index (χ4n) is 6.98. The third-order valence-electron chi connectivity index (χ3n) is 9.08. The van der Waals surface area contributed by atoms with E-state index in [9.17, 15) is 0 Å². The molecule has 2 heteroatoms. The molecule has 3 atom stereocenters. The first-order valence-corrected chi connectivity index (χ1v) is 16.5. The van der Waals surface area contributed by atoms with E-state index < -0.39 is 0 Å². The Morgan fingerprint density at radius 1 is 0.875 bits per heavy atom. The Hall–Kier alpha value is -2.22. The molecule has 1 heterocycles. The van der Waals surface area contributed by atoms with Gasteiger partial charge in [-0.05, 0) is 103 Å². The van der Waals surface area contributed by atoms with Crippen LogP contribution in [0.5, 0.6) is 0 Å². The zero-order valence-electron chi connectivity index (χ0n) is 26.8. The molecule has 1 aromatic carbocycles. The molecule has 1 fully saturated rings. The second-order valence-corrected chi connectivity index (χ2v) is 14.5. The van der Waals surface area contributed by atoms with Crippen LogP contribution >= 0.6 is 0 Å². The normalized spacial score (nSPS) is 21.7. The van der Waals surface area contributed by atoms with Gasteiger partial charge in [0.2, 0.25) is 0 Å². The molecule has 0 radical (unpaired) electrons. The molecule has 0 amide bonds. The quantitative estimate of drug-likeness (QED) is 0.323. The summed E-state index contributed by atoms with van der Waals surface area (Å²) < 4.78 is 2.06. The maximum absolute atomic E-state index is 6.62. The predicted octanol–water partition coefficient (Wildman–Crippen LogP) is 11.0. The molecule has 3 unspecified atom stereocenters. The van der Waals surface area contributed by atoms with Gasteiger partial charge in [0.25, 0.3) is 0 Å². The van der Waals surface area contributed by atoms with E-state index in [0.717, 1.165) is 31.1 Å². The maximum atomic E-state index is 6.62. The SMILES string of the molecule is CCC1=CC(C2CCCCCC(CC(C)C)CCC2)=Cc2c(ccn2OC(C)c2ccc(CC(C)(C)C)cc2)C1. The maximum Gasteiger partial charge on any atom is 0.147 e. The summed E-state index contributed by atoms with van der Waals surface area (Å²) in [6.07, 6.45) is 22.8. The lowest BCUT2D eigenvalue weighted by Crippen LogP contribution is -2.17. The number of fused-ring (bicyclic) bond motifs is 1. The summed E-state index contributed by atoms with van der Waals surface area (Å²) in [6.45, 7) is 16.2. The molecule has 4 rings (SSSR count). The van der Waals surface area contributed by atoms with E-state index in [-0.39, 0.29) is 6.10 Å². The van der Waals surface area contributed by atoms with Crippen molar-refractivity contribution in [1.29, 1.82) is 0 Å². The molecule has 0 saturated heterocycles. The number of hydrogen-bond acceptors (Lipinski definition) is 1. The fourth-order valence-corrected chi connectivity index (χ4v) is 6.98. The molecule has 2 aliphatic rings. The fraction of sp³-hybridized carbons (Fsp3) is 0.632. The van der Waals surface area contributed by atoms with Gasteiger partial charge in [0, 0.05) is 6.20 Å². The summed E-state index contributed by atoms with van der Waals surface area (Å²) in [4.78, 5) is 6.62. The molecule has 0 bridgehead atoms. The lowest BCUT2D eigenvalue weighted by molar-refractivity contribution is 0.0470. The second-order valence-electron chi connectivity index (χ2n) is 14.5. The van der Waals surface area contributed by atoms with Crippen LogP contribution in [0.25, 0.3) is 6.08 Å². The first-order chi connectivity index (χ1) is 19.1. The van der Waals surface area contributed by atoms with E-state index in [2.05, 4.69) is 102 Å². The lowest BCUT2D eigenvalue weighted by Gasteiger charge is -2.25. The third kappa shape index (κ3) is 8.89. The number of benzene rings is 1. The first kappa shape index (κ1) is 30.7. The van der Waals surface area contributed by atoms with Crippen LogP contribution in [-0.4, -0.2) is 4.73 Å². The van der Waals surface area contributed by atoms with Crippen LogP contribution in [0.1, 0.15) is 141 Å². The van der Waals surface area contributed by atoms with Gasteiger partial charge in [-0.3, -0.25) is 0 Å². The molecule has 220 valence electrons. The van der Waals surface area contributed by atoms with E-state index in [1.807, 2.05) is 0 Å². The van der Waals surface area contributed by atoms with Crippen LogP contribution in [0.2, 0.25) is 0 Å². The van der Waals surface area contributed by atoms with Gasteiger partial charge in [-0.1, -0.05) is 116 Å². The van der Waals surface area contributed by atoms with Gasteiger partial charge in [0.15, 0.2) is 0 Å². The number of aromatic nitrogens is 1. The van der Waals surface area contributed by atoms with Crippen molar-refractivity contribution >= 4 is 6.08 Å². The summed E-state index contributed by atoms with van der Waals surface area (Å²) in [7, 11) is 0. The minimum Gasteiger partial charge on any atom is -0.406 e. The van der Waals surface area contributed by atoms with E-state index >= 15 is 0 Å². The van der Waals surface area contributed by atoms with Crippen molar-refractivity contribution in [3.8, 4) is 0 Å². The Morgan fingerprint density at radius 2 is 1.57 bits per heavy atom. The molecule has 2 aromatic rings. The van der Waals surface area contributed by atoms with E-state index in [0.29, 0.717) is 11.3 Å². The predicted molar refractivity (Wildman–Crippen MR) is 172 cm³/mol. The van der Waals surface area contributed by atoms with Crippen molar-refractivity contribution in [2.45, 2.75) is 132 Å². The smallest absolute Gasteiger partial charge is 0.147 e. The molecule has 2 nitrogen and oxygen atoms in total. The summed E-state index contributed by atoms with van der Waals surface area (Å²) in [5.41, 5.74) is 8.67. The van der Waals surface area contributed by atoms with Gasteiger partial charge < -0.3 is 4.84 Å². The topological polar surface area (TPSA) is 14.2 Å². The Morgan fingerprint density at radius 3 is 2.27 bits per heavy atom. The highest BCUT2D eigenvalue weighted by atomic mass is 16.7. The monoisotopic (exact) mass is 543 g/mol. The van der Waals surface area contributed by atoms with Crippen molar-refractivity contribution < 1.29 is 4.84 Å². The van der Waals surface area contributed by atoms with Crippen LogP contribution in [0.4, 0.5) is 0 Å². The lowest BCUT2D eigenvalue weighted by atomic mass is 9.81. The van der Waals surface area contributed by atoms with Crippen LogP contribution in [0.15, 0.2) is 53.8 Å². The van der Waals surface area contributed by atoms with Gasteiger partial charge in [-0.2, -0.15) is 4.73 Å². The summed E-state index contributed by atoms with van der Waals surface area (Å²) >= 11 is 0. The largest absolute Gasteiger partial charge is 0.406 e. The van der Waals surface area contributed by atoms with Gasteiger partial charge in [-0.25, -0.2) is 0 Å². The standard InChI is InChI=1S/C38H57NO/c1-8-30-24-35-21-22-39(40-29(4)33-19-17-32(18-20-33)27-38(5,6)7)37(35)26-36(25-30)34-15-11-9-10-13-31(14-12-16-34)23-28(2)3/h17-22,25-26,28-29,31,34H,8-16,23-24,27H2,1-7H3. The van der Waals surface area contributed by atoms with Crippen molar-refractivity contribution in [1.82, 2.24) is 4.73 Å². The number of allylic oxidation sites excluding steroid dienone is 3. The van der Waals surface area contributed by atoms with Gasteiger partial charge in [0.05, 0.1) is 5.69 Å². The third-order valence-corrected chi connectivity index (χ3v) is 9.08. The highest BCUT2D eigenvalue weighted by Gasteiger charge is 2.22. The minimum atomic E-state index is -0.00885. The average Bonchev–Trinajstić information content (AvgIpc) is 3.14. The second kappa shape index (κ2) is 14.1. The van der Waals surface area contributed by atoms with Crippen molar-refractivity contribution in [3.63, 3.8) is 0 Å². The van der Waals surface area contributed by atoms with Crippen LogP contribution in [0, 0.1) is 23.2 Å². The molecular weight excluding hydrogens is 486 g/mol. The highest BCUT2D eigenvalue weighted by molar-refractivity contribution is 5.60.